The van der Waals surface area contributed by atoms with Crippen LogP contribution in [0.3, 0.4) is 0 Å². The van der Waals surface area contributed by atoms with Crippen molar-refractivity contribution in [2.75, 3.05) is 32.1 Å². The first-order valence-electron chi connectivity index (χ1n) is 6.36. The number of amides is 1. The fourth-order valence-corrected chi connectivity index (χ4v) is 2.15. The van der Waals surface area contributed by atoms with Crippen LogP contribution in [0.15, 0.2) is 12.3 Å². The van der Waals surface area contributed by atoms with E-state index < -0.39 is 5.82 Å². The third kappa shape index (κ3) is 3.20. The summed E-state index contributed by atoms with van der Waals surface area (Å²) in [6.07, 6.45) is 1.87. The molecule has 5 nitrogen and oxygen atoms in total. The van der Waals surface area contributed by atoms with Crippen LogP contribution in [0.25, 0.3) is 0 Å². The average molecular weight is 267 g/mol. The molecule has 1 aromatic heterocycles. The van der Waals surface area contributed by atoms with Crippen molar-refractivity contribution in [3.05, 3.63) is 23.6 Å². The van der Waals surface area contributed by atoms with Crippen LogP contribution in [0.1, 0.15) is 23.7 Å². The maximum absolute atomic E-state index is 13.3. The fourth-order valence-electron chi connectivity index (χ4n) is 2.15. The van der Waals surface area contributed by atoms with Crippen molar-refractivity contribution in [1.82, 2.24) is 9.88 Å². The van der Waals surface area contributed by atoms with Crippen LogP contribution in [-0.4, -0.2) is 48.6 Å². The van der Waals surface area contributed by atoms with Gasteiger partial charge in [-0.3, -0.25) is 4.79 Å². The van der Waals surface area contributed by atoms with Gasteiger partial charge in [-0.05, 0) is 19.4 Å². The van der Waals surface area contributed by atoms with Gasteiger partial charge < -0.3 is 15.0 Å². The molecular formula is C13H18FN3O2. The molecule has 1 aliphatic heterocycles. The summed E-state index contributed by atoms with van der Waals surface area (Å²) < 4.78 is 18.8. The molecule has 1 amide bonds. The summed E-state index contributed by atoms with van der Waals surface area (Å²) in [6.45, 7) is 3.70. The van der Waals surface area contributed by atoms with Crippen molar-refractivity contribution in [2.24, 2.45) is 0 Å². The quantitative estimate of drug-likeness (QED) is 0.882. The second-order valence-electron chi connectivity index (χ2n) is 4.59. The summed E-state index contributed by atoms with van der Waals surface area (Å²) in [5.74, 6) is -0.334. The number of nitrogens with one attached hydrogen (secondary N) is 1. The van der Waals surface area contributed by atoms with Crippen molar-refractivity contribution in [3.8, 4) is 0 Å². The molecule has 1 N–H and O–H groups in total. The molecule has 6 heteroatoms. The second kappa shape index (κ2) is 5.97. The molecule has 1 fully saturated rings. The number of carbonyl (C=O) groups is 1. The zero-order chi connectivity index (χ0) is 13.8. The maximum atomic E-state index is 13.3. The molecule has 104 valence electrons. The third-order valence-electron chi connectivity index (χ3n) is 3.06. The van der Waals surface area contributed by atoms with Gasteiger partial charge >= 0.3 is 0 Å². The minimum Gasteiger partial charge on any atom is -0.377 e. The largest absolute Gasteiger partial charge is 0.377 e. The van der Waals surface area contributed by atoms with Crippen LogP contribution in [0.5, 0.6) is 0 Å². The lowest BCUT2D eigenvalue weighted by Gasteiger charge is -2.23. The fraction of sp³-hybridized carbons (Fsp3) is 0.538. The van der Waals surface area contributed by atoms with E-state index in [-0.39, 0.29) is 17.6 Å². The molecule has 1 atom stereocenters. The highest BCUT2D eigenvalue weighted by Crippen LogP contribution is 2.17. The SMILES string of the molecule is CNc1ncc(F)cc1C(=O)N1CCCOC(C)C1. The molecule has 1 aromatic rings. The number of aromatic nitrogens is 1. The number of anilines is 1. The Morgan fingerprint density at radius 2 is 2.42 bits per heavy atom. The Morgan fingerprint density at radius 3 is 3.16 bits per heavy atom. The van der Waals surface area contributed by atoms with Crippen molar-refractivity contribution in [3.63, 3.8) is 0 Å². The molecule has 0 saturated carbocycles. The molecule has 0 bridgehead atoms. The highest BCUT2D eigenvalue weighted by molar-refractivity contribution is 5.98. The van der Waals surface area contributed by atoms with Crippen molar-refractivity contribution < 1.29 is 13.9 Å². The van der Waals surface area contributed by atoms with Crippen LogP contribution in [0.2, 0.25) is 0 Å². The van der Waals surface area contributed by atoms with E-state index in [4.69, 9.17) is 4.74 Å². The van der Waals surface area contributed by atoms with Crippen LogP contribution in [-0.2, 0) is 4.74 Å². The maximum Gasteiger partial charge on any atom is 0.257 e. The number of rotatable bonds is 2. The molecule has 1 saturated heterocycles. The zero-order valence-electron chi connectivity index (χ0n) is 11.1. The first-order valence-corrected chi connectivity index (χ1v) is 6.36. The number of carbonyl (C=O) groups excluding carboxylic acids is 1. The summed E-state index contributed by atoms with van der Waals surface area (Å²) in [7, 11) is 1.66. The number of pyridine rings is 1. The van der Waals surface area contributed by atoms with E-state index in [1.807, 2.05) is 6.92 Å². The van der Waals surface area contributed by atoms with Gasteiger partial charge in [-0.15, -0.1) is 0 Å². The van der Waals surface area contributed by atoms with Crippen molar-refractivity contribution in [1.29, 1.82) is 0 Å². The second-order valence-corrected chi connectivity index (χ2v) is 4.59. The van der Waals surface area contributed by atoms with E-state index in [9.17, 15) is 9.18 Å². The van der Waals surface area contributed by atoms with Crippen molar-refractivity contribution >= 4 is 11.7 Å². The molecule has 0 aliphatic carbocycles. The van der Waals surface area contributed by atoms with Crippen LogP contribution < -0.4 is 5.32 Å². The molecule has 0 radical (unpaired) electrons. The summed E-state index contributed by atoms with van der Waals surface area (Å²) in [4.78, 5) is 18.0. The van der Waals surface area contributed by atoms with E-state index >= 15 is 0 Å². The third-order valence-corrected chi connectivity index (χ3v) is 3.06. The zero-order valence-corrected chi connectivity index (χ0v) is 11.1. The molecule has 19 heavy (non-hydrogen) atoms. The number of halogens is 1. The smallest absolute Gasteiger partial charge is 0.257 e. The lowest BCUT2D eigenvalue weighted by molar-refractivity contribution is 0.0563. The van der Waals surface area contributed by atoms with E-state index in [0.717, 1.165) is 12.6 Å². The highest BCUT2D eigenvalue weighted by Gasteiger charge is 2.23. The topological polar surface area (TPSA) is 54.5 Å². The number of hydrogen-bond donors (Lipinski definition) is 1. The van der Waals surface area contributed by atoms with Gasteiger partial charge in [-0.1, -0.05) is 0 Å². The molecule has 1 unspecified atom stereocenters. The van der Waals surface area contributed by atoms with Gasteiger partial charge in [0.2, 0.25) is 0 Å². The molecule has 1 aliphatic rings. The molecule has 2 rings (SSSR count). The highest BCUT2D eigenvalue weighted by atomic mass is 19.1. The van der Waals surface area contributed by atoms with Crippen LogP contribution in [0.4, 0.5) is 10.2 Å². The van der Waals surface area contributed by atoms with Gasteiger partial charge in [-0.25, -0.2) is 9.37 Å². The van der Waals surface area contributed by atoms with E-state index in [1.54, 1.807) is 11.9 Å². The van der Waals surface area contributed by atoms with Crippen LogP contribution >= 0.6 is 0 Å². The van der Waals surface area contributed by atoms with Gasteiger partial charge in [0.05, 0.1) is 17.9 Å². The number of hydrogen-bond acceptors (Lipinski definition) is 4. The summed E-state index contributed by atoms with van der Waals surface area (Å²) in [6, 6.07) is 1.22. The average Bonchev–Trinajstić information content (AvgIpc) is 2.62. The van der Waals surface area contributed by atoms with E-state index in [0.29, 0.717) is 25.5 Å². The first kappa shape index (κ1) is 13.7. The predicted molar refractivity (Wildman–Crippen MR) is 69.7 cm³/mol. The Kier molecular flexibility index (Phi) is 4.31. The molecule has 0 spiro atoms. The normalized spacial score (nSPS) is 19.9. The first-order chi connectivity index (χ1) is 9.11. The Balaban J connectivity index is 2.24. The Bertz CT molecular complexity index is 467. The lowest BCUT2D eigenvalue weighted by atomic mass is 10.2. The van der Waals surface area contributed by atoms with Gasteiger partial charge in [-0.2, -0.15) is 0 Å². The molecule has 0 aromatic carbocycles. The molecular weight excluding hydrogens is 249 g/mol. The van der Waals surface area contributed by atoms with Gasteiger partial charge in [0.15, 0.2) is 0 Å². The molecule has 2 heterocycles. The summed E-state index contributed by atoms with van der Waals surface area (Å²) in [5, 5.41) is 2.81. The Hall–Kier alpha value is -1.69. The van der Waals surface area contributed by atoms with Crippen LogP contribution in [0, 0.1) is 5.82 Å². The predicted octanol–water partition coefficient (Wildman–Crippen LogP) is 1.51. The minimum atomic E-state index is -0.513. The van der Waals surface area contributed by atoms with Gasteiger partial charge in [0, 0.05) is 26.7 Å². The van der Waals surface area contributed by atoms with E-state index in [1.165, 1.54) is 6.07 Å². The Morgan fingerprint density at radius 1 is 1.63 bits per heavy atom. The van der Waals surface area contributed by atoms with E-state index in [2.05, 4.69) is 10.3 Å². The standard InChI is InChI=1S/C13H18FN3O2/c1-9-8-17(4-3-5-19-9)13(18)11-6-10(14)7-16-12(11)15-2/h6-7,9H,3-5,8H2,1-2H3,(H,15,16). The monoisotopic (exact) mass is 267 g/mol. The van der Waals surface area contributed by atoms with Crippen molar-refractivity contribution in [2.45, 2.75) is 19.4 Å². The Labute approximate surface area is 111 Å². The van der Waals surface area contributed by atoms with Gasteiger partial charge in [0.1, 0.15) is 11.6 Å². The minimum absolute atomic E-state index is 0.00833. The lowest BCUT2D eigenvalue weighted by Crippen LogP contribution is -2.36. The van der Waals surface area contributed by atoms with Gasteiger partial charge in [0.25, 0.3) is 5.91 Å². The number of ether oxygens (including phenoxy) is 1. The summed E-state index contributed by atoms with van der Waals surface area (Å²) >= 11 is 0. The number of nitrogens with zero attached hydrogens (tertiary/aromatic N) is 2. The summed E-state index contributed by atoms with van der Waals surface area (Å²) in [5.41, 5.74) is 0.261.